The average molecular weight is 381 g/mol. The SMILES string of the molecule is Cc1ccc(N=C(c2ccc(C)cc2)c2c(C)[nH]n(-c3ccccc3)c2=O)cc1. The second kappa shape index (κ2) is 7.76. The molecule has 29 heavy (non-hydrogen) atoms. The predicted octanol–water partition coefficient (Wildman–Crippen LogP) is 5.26. The summed E-state index contributed by atoms with van der Waals surface area (Å²) in [6, 6.07) is 25.7. The van der Waals surface area contributed by atoms with E-state index in [4.69, 9.17) is 4.99 Å². The molecule has 0 aliphatic carbocycles. The van der Waals surface area contributed by atoms with Crippen molar-refractivity contribution in [1.29, 1.82) is 0 Å². The van der Waals surface area contributed by atoms with Gasteiger partial charge in [0.25, 0.3) is 5.56 Å². The molecule has 0 radical (unpaired) electrons. The van der Waals surface area contributed by atoms with Gasteiger partial charge in [0.05, 0.1) is 22.6 Å². The van der Waals surface area contributed by atoms with Crippen molar-refractivity contribution in [1.82, 2.24) is 9.78 Å². The van der Waals surface area contributed by atoms with E-state index in [9.17, 15) is 4.79 Å². The number of rotatable bonds is 4. The Kier molecular flexibility index (Phi) is 5.00. The van der Waals surface area contributed by atoms with Crippen molar-refractivity contribution in [2.24, 2.45) is 4.99 Å². The summed E-state index contributed by atoms with van der Waals surface area (Å²) in [7, 11) is 0. The molecule has 4 nitrogen and oxygen atoms in total. The van der Waals surface area contributed by atoms with Crippen LogP contribution in [0.15, 0.2) is 88.6 Å². The zero-order valence-corrected chi connectivity index (χ0v) is 16.8. The highest BCUT2D eigenvalue weighted by atomic mass is 16.1. The maximum atomic E-state index is 13.4. The predicted molar refractivity (Wildman–Crippen MR) is 119 cm³/mol. The first-order valence-corrected chi connectivity index (χ1v) is 9.63. The highest BCUT2D eigenvalue weighted by Gasteiger charge is 2.19. The first kappa shape index (κ1) is 18.7. The van der Waals surface area contributed by atoms with Crippen molar-refractivity contribution < 1.29 is 0 Å². The van der Waals surface area contributed by atoms with Gasteiger partial charge in [0.1, 0.15) is 0 Å². The second-order valence-electron chi connectivity index (χ2n) is 7.25. The summed E-state index contributed by atoms with van der Waals surface area (Å²) in [5.74, 6) is 0. The Hall–Kier alpha value is -3.66. The molecule has 0 aliphatic rings. The van der Waals surface area contributed by atoms with Crippen molar-refractivity contribution >= 4 is 11.4 Å². The summed E-state index contributed by atoms with van der Waals surface area (Å²) >= 11 is 0. The Morgan fingerprint density at radius 2 is 1.38 bits per heavy atom. The van der Waals surface area contributed by atoms with Crippen LogP contribution < -0.4 is 5.56 Å². The molecule has 1 aromatic heterocycles. The fraction of sp³-hybridized carbons (Fsp3) is 0.120. The number of nitrogens with one attached hydrogen (secondary N) is 1. The van der Waals surface area contributed by atoms with Crippen LogP contribution in [-0.2, 0) is 0 Å². The van der Waals surface area contributed by atoms with Gasteiger partial charge < -0.3 is 0 Å². The van der Waals surface area contributed by atoms with Crippen molar-refractivity contribution in [2.45, 2.75) is 20.8 Å². The van der Waals surface area contributed by atoms with Crippen LogP contribution in [-0.4, -0.2) is 15.5 Å². The monoisotopic (exact) mass is 381 g/mol. The summed E-state index contributed by atoms with van der Waals surface area (Å²) < 4.78 is 1.57. The molecule has 0 fully saturated rings. The van der Waals surface area contributed by atoms with Crippen LogP contribution >= 0.6 is 0 Å². The van der Waals surface area contributed by atoms with Gasteiger partial charge >= 0.3 is 0 Å². The molecular formula is C25H23N3O. The molecule has 0 bridgehead atoms. The number of aliphatic imine (C=N–C) groups is 1. The van der Waals surface area contributed by atoms with Crippen LogP contribution in [0, 0.1) is 20.8 Å². The Balaban J connectivity index is 1.92. The van der Waals surface area contributed by atoms with Gasteiger partial charge in [-0.1, -0.05) is 65.7 Å². The van der Waals surface area contributed by atoms with Crippen LogP contribution in [0.2, 0.25) is 0 Å². The van der Waals surface area contributed by atoms with Gasteiger partial charge in [0.15, 0.2) is 0 Å². The molecule has 0 atom stereocenters. The van der Waals surface area contributed by atoms with Gasteiger partial charge in [-0.3, -0.25) is 9.89 Å². The normalized spacial score (nSPS) is 11.6. The van der Waals surface area contributed by atoms with Crippen molar-refractivity contribution in [3.63, 3.8) is 0 Å². The summed E-state index contributed by atoms with van der Waals surface area (Å²) in [5, 5.41) is 3.21. The summed E-state index contributed by atoms with van der Waals surface area (Å²) in [4.78, 5) is 18.2. The minimum atomic E-state index is -0.111. The zero-order chi connectivity index (χ0) is 20.4. The van der Waals surface area contributed by atoms with E-state index in [1.165, 1.54) is 5.56 Å². The lowest BCUT2D eigenvalue weighted by Gasteiger charge is -2.07. The van der Waals surface area contributed by atoms with Crippen LogP contribution in [0.4, 0.5) is 5.69 Å². The number of nitrogens with zero attached hydrogens (tertiary/aromatic N) is 2. The number of aromatic nitrogens is 2. The Morgan fingerprint density at radius 3 is 2.00 bits per heavy atom. The molecular weight excluding hydrogens is 358 g/mol. The standard InChI is InChI=1S/C25H23N3O/c1-17-9-13-20(14-10-17)24(26-21-15-11-18(2)12-16-21)23-19(3)27-28(25(23)29)22-7-5-4-6-8-22/h4-16,27H,1-3H3. The lowest BCUT2D eigenvalue weighted by molar-refractivity contribution is 0.835. The highest BCUT2D eigenvalue weighted by molar-refractivity contribution is 6.14. The van der Waals surface area contributed by atoms with E-state index in [0.717, 1.165) is 28.2 Å². The summed E-state index contributed by atoms with van der Waals surface area (Å²) in [5.41, 5.74) is 6.78. The Labute approximate surface area is 170 Å². The van der Waals surface area contributed by atoms with Crippen molar-refractivity contribution in [3.8, 4) is 5.69 Å². The number of H-pyrrole nitrogens is 1. The first-order chi connectivity index (χ1) is 14.0. The van der Waals surface area contributed by atoms with Gasteiger partial charge in [-0.05, 0) is 45.0 Å². The number of aromatic amines is 1. The van der Waals surface area contributed by atoms with Gasteiger partial charge in [0, 0.05) is 11.3 Å². The van der Waals surface area contributed by atoms with Gasteiger partial charge in [0.2, 0.25) is 0 Å². The molecule has 4 aromatic rings. The molecule has 0 spiro atoms. The van der Waals surface area contributed by atoms with Gasteiger partial charge in [-0.25, -0.2) is 9.67 Å². The zero-order valence-electron chi connectivity index (χ0n) is 16.8. The highest BCUT2D eigenvalue weighted by Crippen LogP contribution is 2.20. The number of para-hydroxylation sites is 1. The van der Waals surface area contributed by atoms with E-state index in [1.807, 2.05) is 99.6 Å². The molecule has 0 amide bonds. The molecule has 1 N–H and O–H groups in total. The third kappa shape index (κ3) is 3.83. The van der Waals surface area contributed by atoms with Crippen LogP contribution in [0.3, 0.4) is 0 Å². The molecule has 0 saturated heterocycles. The van der Waals surface area contributed by atoms with E-state index in [-0.39, 0.29) is 5.56 Å². The molecule has 0 saturated carbocycles. The van der Waals surface area contributed by atoms with Crippen LogP contribution in [0.5, 0.6) is 0 Å². The van der Waals surface area contributed by atoms with E-state index >= 15 is 0 Å². The molecule has 3 aromatic carbocycles. The second-order valence-corrected chi connectivity index (χ2v) is 7.25. The molecule has 4 heteroatoms. The fourth-order valence-corrected chi connectivity index (χ4v) is 3.31. The number of hydrogen-bond donors (Lipinski definition) is 1. The average Bonchev–Trinajstić information content (AvgIpc) is 3.03. The smallest absolute Gasteiger partial charge is 0.280 e. The minimum absolute atomic E-state index is 0.111. The van der Waals surface area contributed by atoms with E-state index in [0.29, 0.717) is 11.3 Å². The number of benzene rings is 3. The third-order valence-electron chi connectivity index (χ3n) is 4.92. The maximum absolute atomic E-state index is 13.4. The molecule has 1 heterocycles. The minimum Gasteiger partial charge on any atom is -0.295 e. The first-order valence-electron chi connectivity index (χ1n) is 9.63. The Morgan fingerprint density at radius 1 is 0.793 bits per heavy atom. The molecule has 0 aliphatic heterocycles. The van der Waals surface area contributed by atoms with Crippen LogP contribution in [0.25, 0.3) is 5.69 Å². The van der Waals surface area contributed by atoms with E-state index in [2.05, 4.69) is 5.10 Å². The maximum Gasteiger partial charge on any atom is 0.280 e. The molecule has 4 rings (SSSR count). The number of hydrogen-bond acceptors (Lipinski definition) is 2. The lowest BCUT2D eigenvalue weighted by atomic mass is 10.0. The van der Waals surface area contributed by atoms with Crippen molar-refractivity contribution in [2.75, 3.05) is 0 Å². The van der Waals surface area contributed by atoms with Crippen molar-refractivity contribution in [3.05, 3.63) is 117 Å². The van der Waals surface area contributed by atoms with E-state index < -0.39 is 0 Å². The fourth-order valence-electron chi connectivity index (χ4n) is 3.31. The number of aryl methyl sites for hydroxylation is 3. The summed E-state index contributed by atoms with van der Waals surface area (Å²) in [6.07, 6.45) is 0. The third-order valence-corrected chi connectivity index (χ3v) is 4.92. The molecule has 0 unspecified atom stereocenters. The van der Waals surface area contributed by atoms with E-state index in [1.54, 1.807) is 4.68 Å². The quantitative estimate of drug-likeness (QED) is 0.482. The summed E-state index contributed by atoms with van der Waals surface area (Å²) in [6.45, 7) is 6.00. The largest absolute Gasteiger partial charge is 0.295 e. The molecule has 144 valence electrons. The Bertz CT molecular complexity index is 1210. The van der Waals surface area contributed by atoms with Gasteiger partial charge in [-0.15, -0.1) is 0 Å². The topological polar surface area (TPSA) is 50.1 Å². The van der Waals surface area contributed by atoms with Crippen LogP contribution in [0.1, 0.15) is 27.9 Å². The van der Waals surface area contributed by atoms with Gasteiger partial charge in [-0.2, -0.15) is 0 Å². The lowest BCUT2D eigenvalue weighted by Crippen LogP contribution is -2.21.